The predicted molar refractivity (Wildman–Crippen MR) is 126 cm³/mol. The molecule has 0 radical (unpaired) electrons. The van der Waals surface area contributed by atoms with E-state index < -0.39 is 17.4 Å². The maximum Gasteiger partial charge on any atom is 0.264 e. The van der Waals surface area contributed by atoms with Crippen molar-refractivity contribution in [3.8, 4) is 0 Å². The lowest BCUT2D eigenvalue weighted by atomic mass is 9.80. The van der Waals surface area contributed by atoms with E-state index in [4.69, 9.17) is 0 Å². The number of nitrogens with one attached hydrogen (secondary N) is 2. The first kappa shape index (κ1) is 22.1. The van der Waals surface area contributed by atoms with Gasteiger partial charge in [0, 0.05) is 12.1 Å². The van der Waals surface area contributed by atoms with Crippen molar-refractivity contribution in [1.82, 2.24) is 5.32 Å². The Labute approximate surface area is 189 Å². The van der Waals surface area contributed by atoms with Crippen molar-refractivity contribution in [2.45, 2.75) is 63.8 Å². The third-order valence-corrected chi connectivity index (χ3v) is 7.01. The largest absolute Gasteiger partial charge is 0.509 e. The molecular weight excluding hydrogens is 400 g/mol. The lowest BCUT2D eigenvalue weighted by molar-refractivity contribution is -0.121. The van der Waals surface area contributed by atoms with E-state index in [1.165, 1.54) is 37.7 Å². The quantitative estimate of drug-likeness (QED) is 0.546. The first-order valence-corrected chi connectivity index (χ1v) is 11.6. The summed E-state index contributed by atoms with van der Waals surface area (Å²) in [5.74, 6) is -0.820. The molecular formula is C27H32N2O3. The summed E-state index contributed by atoms with van der Waals surface area (Å²) in [6.07, 6.45) is 6.69. The van der Waals surface area contributed by atoms with Gasteiger partial charge in [-0.1, -0.05) is 75.6 Å². The number of hydrogen-bond donors (Lipinski definition) is 3. The molecule has 2 aromatic carbocycles. The van der Waals surface area contributed by atoms with Crippen LogP contribution in [0.25, 0.3) is 0 Å². The van der Waals surface area contributed by atoms with E-state index in [9.17, 15) is 14.7 Å². The van der Waals surface area contributed by atoms with Gasteiger partial charge in [0.2, 0.25) is 0 Å². The second-order valence-corrected chi connectivity index (χ2v) is 9.38. The minimum Gasteiger partial charge on any atom is -0.509 e. The van der Waals surface area contributed by atoms with Crippen LogP contribution in [0.3, 0.4) is 0 Å². The van der Waals surface area contributed by atoms with E-state index in [1.54, 1.807) is 0 Å². The smallest absolute Gasteiger partial charge is 0.264 e. The normalized spacial score (nSPS) is 21.7. The number of aliphatic hydroxyl groups excluding tert-OH is 1. The van der Waals surface area contributed by atoms with Crippen molar-refractivity contribution in [3.05, 3.63) is 77.1 Å². The van der Waals surface area contributed by atoms with Crippen LogP contribution < -0.4 is 10.6 Å². The molecule has 1 saturated carbocycles. The van der Waals surface area contributed by atoms with Crippen LogP contribution in [0, 0.1) is 5.92 Å². The number of hydrogen-bond acceptors (Lipinski definition) is 3. The number of carbonyl (C=O) groups excluding carboxylic acids is 2. The molecule has 168 valence electrons. The summed E-state index contributed by atoms with van der Waals surface area (Å²) in [6.45, 7) is 3.87. The Bertz CT molecular complexity index is 1000. The highest BCUT2D eigenvalue weighted by molar-refractivity contribution is 6.25. The van der Waals surface area contributed by atoms with Gasteiger partial charge in [0.15, 0.2) is 0 Å². The number of benzene rings is 2. The van der Waals surface area contributed by atoms with E-state index in [2.05, 4.69) is 22.8 Å². The average Bonchev–Trinajstić information content (AvgIpc) is 3.06. The Morgan fingerprint density at radius 3 is 2.34 bits per heavy atom. The Morgan fingerprint density at radius 1 is 1.06 bits per heavy atom. The molecule has 1 heterocycles. The molecule has 32 heavy (non-hydrogen) atoms. The monoisotopic (exact) mass is 432 g/mol. The highest BCUT2D eigenvalue weighted by Gasteiger charge is 2.49. The SMILES string of the molecule is CC(C)C1(Cc2ccccc2)NC(=O)C(C(=O)Nc2ccc(C3CCCCC3)cc2)=C1O. The third-order valence-electron chi connectivity index (χ3n) is 7.01. The zero-order chi connectivity index (χ0) is 22.7. The summed E-state index contributed by atoms with van der Waals surface area (Å²) in [6, 6.07) is 17.6. The van der Waals surface area contributed by atoms with Crippen molar-refractivity contribution >= 4 is 17.5 Å². The van der Waals surface area contributed by atoms with Crippen molar-refractivity contribution in [2.75, 3.05) is 5.32 Å². The summed E-state index contributed by atoms with van der Waals surface area (Å²) >= 11 is 0. The van der Waals surface area contributed by atoms with Crippen LogP contribution in [0.4, 0.5) is 5.69 Å². The molecule has 0 spiro atoms. The van der Waals surface area contributed by atoms with Gasteiger partial charge in [-0.05, 0) is 47.9 Å². The Morgan fingerprint density at radius 2 is 1.72 bits per heavy atom. The van der Waals surface area contributed by atoms with Crippen LogP contribution in [0.5, 0.6) is 0 Å². The molecule has 1 unspecified atom stereocenters. The fourth-order valence-corrected chi connectivity index (χ4v) is 5.00. The Hall–Kier alpha value is -3.08. The highest BCUT2D eigenvalue weighted by atomic mass is 16.3. The summed E-state index contributed by atoms with van der Waals surface area (Å²) in [5.41, 5.74) is 1.69. The first-order valence-electron chi connectivity index (χ1n) is 11.6. The number of anilines is 1. The molecule has 3 N–H and O–H groups in total. The zero-order valence-corrected chi connectivity index (χ0v) is 18.9. The third kappa shape index (κ3) is 4.29. The standard InChI is InChI=1S/C27H32N2O3/c1-18(2)27(17-19-9-5-3-6-10-19)24(30)23(26(32)29-27)25(31)28-22-15-13-21(14-16-22)20-11-7-4-8-12-20/h3,5-6,9-10,13-16,18,20,30H,4,7-8,11-12,17H2,1-2H3,(H,28,31)(H,29,32). The fourth-order valence-electron chi connectivity index (χ4n) is 5.00. The van der Waals surface area contributed by atoms with Crippen molar-refractivity contribution in [3.63, 3.8) is 0 Å². The maximum atomic E-state index is 13.0. The highest BCUT2D eigenvalue weighted by Crippen LogP contribution is 2.36. The van der Waals surface area contributed by atoms with Gasteiger partial charge >= 0.3 is 0 Å². The van der Waals surface area contributed by atoms with Crippen molar-refractivity contribution in [1.29, 1.82) is 0 Å². The van der Waals surface area contributed by atoms with Crippen molar-refractivity contribution < 1.29 is 14.7 Å². The molecule has 4 rings (SSSR count). The van der Waals surface area contributed by atoms with Crippen LogP contribution in [0.1, 0.15) is 63.0 Å². The predicted octanol–water partition coefficient (Wildman–Crippen LogP) is 5.25. The molecule has 0 bridgehead atoms. The van der Waals surface area contributed by atoms with Gasteiger partial charge in [-0.3, -0.25) is 9.59 Å². The first-order chi connectivity index (χ1) is 15.4. The lowest BCUT2D eigenvalue weighted by Crippen LogP contribution is -2.51. The molecule has 5 heteroatoms. The van der Waals surface area contributed by atoms with Gasteiger partial charge < -0.3 is 15.7 Å². The second kappa shape index (κ2) is 9.19. The van der Waals surface area contributed by atoms with Crippen LogP contribution in [-0.4, -0.2) is 22.5 Å². The lowest BCUT2D eigenvalue weighted by Gasteiger charge is -2.34. The van der Waals surface area contributed by atoms with Gasteiger partial charge in [0.25, 0.3) is 11.8 Å². The minimum atomic E-state index is -1.00. The molecule has 2 aromatic rings. The molecule has 1 aliphatic carbocycles. The summed E-state index contributed by atoms with van der Waals surface area (Å²) in [5, 5.41) is 16.8. The van der Waals surface area contributed by atoms with Crippen LogP contribution in [0.2, 0.25) is 0 Å². The number of rotatable bonds is 6. The Kier molecular flexibility index (Phi) is 6.35. The van der Waals surface area contributed by atoms with Crippen LogP contribution >= 0.6 is 0 Å². The molecule has 1 aliphatic heterocycles. The van der Waals surface area contributed by atoms with E-state index in [1.807, 2.05) is 56.3 Å². The summed E-state index contributed by atoms with van der Waals surface area (Å²) in [7, 11) is 0. The van der Waals surface area contributed by atoms with Gasteiger partial charge in [-0.25, -0.2) is 0 Å². The Balaban J connectivity index is 1.54. The summed E-state index contributed by atoms with van der Waals surface area (Å²) < 4.78 is 0. The molecule has 0 saturated heterocycles. The van der Waals surface area contributed by atoms with Crippen LogP contribution in [-0.2, 0) is 16.0 Å². The second-order valence-electron chi connectivity index (χ2n) is 9.38. The molecule has 2 aliphatic rings. The van der Waals surface area contributed by atoms with Crippen LogP contribution in [0.15, 0.2) is 65.9 Å². The van der Waals surface area contributed by atoms with Gasteiger partial charge in [0.1, 0.15) is 16.9 Å². The molecule has 0 aromatic heterocycles. The number of carbonyl (C=O) groups is 2. The molecule has 1 fully saturated rings. The average molecular weight is 433 g/mol. The topological polar surface area (TPSA) is 78.4 Å². The van der Waals surface area contributed by atoms with Gasteiger partial charge in [0.05, 0.1) is 0 Å². The number of amides is 2. The fraction of sp³-hybridized carbons (Fsp3) is 0.407. The van der Waals surface area contributed by atoms with Gasteiger partial charge in [-0.15, -0.1) is 0 Å². The summed E-state index contributed by atoms with van der Waals surface area (Å²) in [4.78, 5) is 25.8. The van der Waals surface area contributed by atoms with Gasteiger partial charge in [-0.2, -0.15) is 0 Å². The van der Waals surface area contributed by atoms with E-state index in [-0.39, 0.29) is 17.3 Å². The zero-order valence-electron chi connectivity index (χ0n) is 18.9. The molecule has 1 atom stereocenters. The van der Waals surface area contributed by atoms with E-state index >= 15 is 0 Å². The molecule has 2 amide bonds. The minimum absolute atomic E-state index is 0.105. The van der Waals surface area contributed by atoms with E-state index in [0.29, 0.717) is 18.0 Å². The van der Waals surface area contributed by atoms with Crippen molar-refractivity contribution in [2.24, 2.45) is 5.92 Å². The van der Waals surface area contributed by atoms with E-state index in [0.717, 1.165) is 5.56 Å². The molecule has 5 nitrogen and oxygen atoms in total. The maximum absolute atomic E-state index is 13.0. The number of aliphatic hydroxyl groups is 1.